The highest BCUT2D eigenvalue weighted by molar-refractivity contribution is 5.55. The fourth-order valence-corrected chi connectivity index (χ4v) is 4.86. The normalized spacial score (nSPS) is 19.0. The summed E-state index contributed by atoms with van der Waals surface area (Å²) in [6.45, 7) is 5.30. The summed E-state index contributed by atoms with van der Waals surface area (Å²) < 4.78 is 6.03. The van der Waals surface area contributed by atoms with Gasteiger partial charge in [0.05, 0.1) is 6.61 Å². The molecule has 3 rings (SSSR count). The zero-order valence-electron chi connectivity index (χ0n) is 19.1. The molecule has 2 aromatic rings. The van der Waals surface area contributed by atoms with Gasteiger partial charge in [0.1, 0.15) is 5.75 Å². The SMILES string of the molecule is CCCCCC1CCCCC1CCCOc1ccc(-c2ncc(CCC)cn2)cc1. The Kier molecular flexibility index (Phi) is 9.66. The van der Waals surface area contributed by atoms with Crippen molar-refractivity contribution in [1.82, 2.24) is 9.97 Å². The number of nitrogens with zero attached hydrogens (tertiary/aromatic N) is 2. The third kappa shape index (κ3) is 7.11. The molecule has 30 heavy (non-hydrogen) atoms. The highest BCUT2D eigenvalue weighted by Crippen LogP contribution is 2.36. The quantitative estimate of drug-likeness (QED) is 0.338. The van der Waals surface area contributed by atoms with E-state index in [1.165, 1.54) is 69.8 Å². The predicted molar refractivity (Wildman–Crippen MR) is 126 cm³/mol. The van der Waals surface area contributed by atoms with Crippen molar-refractivity contribution in [3.63, 3.8) is 0 Å². The molecule has 1 aliphatic rings. The van der Waals surface area contributed by atoms with Crippen LogP contribution >= 0.6 is 0 Å². The molecule has 1 saturated carbocycles. The van der Waals surface area contributed by atoms with Gasteiger partial charge in [-0.25, -0.2) is 9.97 Å². The summed E-state index contributed by atoms with van der Waals surface area (Å²) in [6, 6.07) is 8.23. The van der Waals surface area contributed by atoms with Gasteiger partial charge in [-0.2, -0.15) is 0 Å². The van der Waals surface area contributed by atoms with E-state index in [2.05, 4.69) is 35.9 Å². The molecule has 1 aromatic heterocycles. The lowest BCUT2D eigenvalue weighted by molar-refractivity contribution is 0.190. The molecule has 0 bridgehead atoms. The first-order valence-corrected chi connectivity index (χ1v) is 12.3. The Bertz CT molecular complexity index is 711. The van der Waals surface area contributed by atoms with E-state index in [4.69, 9.17) is 4.74 Å². The largest absolute Gasteiger partial charge is 0.494 e. The van der Waals surface area contributed by atoms with Gasteiger partial charge in [0.15, 0.2) is 5.82 Å². The molecule has 0 spiro atoms. The minimum absolute atomic E-state index is 0.785. The second-order valence-electron chi connectivity index (χ2n) is 8.98. The first kappa shape index (κ1) is 22.8. The van der Waals surface area contributed by atoms with Crippen LogP contribution in [0.4, 0.5) is 0 Å². The van der Waals surface area contributed by atoms with Gasteiger partial charge in [-0.15, -0.1) is 0 Å². The van der Waals surface area contributed by atoms with Crippen molar-refractivity contribution in [3.8, 4) is 17.1 Å². The van der Waals surface area contributed by atoms with Crippen LogP contribution in [0.5, 0.6) is 5.75 Å². The maximum absolute atomic E-state index is 6.03. The Labute approximate surface area is 183 Å². The van der Waals surface area contributed by atoms with Gasteiger partial charge in [0.2, 0.25) is 0 Å². The summed E-state index contributed by atoms with van der Waals surface area (Å²) in [6.07, 6.45) is 19.9. The topological polar surface area (TPSA) is 35.0 Å². The second kappa shape index (κ2) is 12.7. The number of hydrogen-bond donors (Lipinski definition) is 0. The first-order chi connectivity index (χ1) is 14.8. The van der Waals surface area contributed by atoms with E-state index in [9.17, 15) is 0 Å². The summed E-state index contributed by atoms with van der Waals surface area (Å²) in [4.78, 5) is 9.01. The van der Waals surface area contributed by atoms with E-state index in [1.807, 2.05) is 24.5 Å². The third-order valence-electron chi connectivity index (χ3n) is 6.59. The monoisotopic (exact) mass is 408 g/mol. The zero-order valence-corrected chi connectivity index (χ0v) is 19.1. The van der Waals surface area contributed by atoms with Crippen molar-refractivity contribution in [2.75, 3.05) is 6.61 Å². The molecule has 1 fully saturated rings. The zero-order chi connectivity index (χ0) is 21.0. The van der Waals surface area contributed by atoms with E-state index in [-0.39, 0.29) is 0 Å². The smallest absolute Gasteiger partial charge is 0.159 e. The predicted octanol–water partition coefficient (Wildman–Crippen LogP) is 7.64. The van der Waals surface area contributed by atoms with Gasteiger partial charge in [-0.05, 0) is 60.9 Å². The number of ether oxygens (including phenoxy) is 1. The molecule has 1 heterocycles. The number of hydrogen-bond acceptors (Lipinski definition) is 3. The minimum atomic E-state index is 0.785. The summed E-state index contributed by atoms with van der Waals surface area (Å²) >= 11 is 0. The van der Waals surface area contributed by atoms with Crippen molar-refractivity contribution >= 4 is 0 Å². The molecular formula is C27H40N2O. The van der Waals surface area contributed by atoms with Crippen molar-refractivity contribution < 1.29 is 4.74 Å². The third-order valence-corrected chi connectivity index (χ3v) is 6.59. The van der Waals surface area contributed by atoms with Gasteiger partial charge in [-0.1, -0.05) is 71.6 Å². The molecule has 0 N–H and O–H groups in total. The Morgan fingerprint density at radius 1 is 0.833 bits per heavy atom. The van der Waals surface area contributed by atoms with E-state index >= 15 is 0 Å². The van der Waals surface area contributed by atoms with Crippen LogP contribution in [0.25, 0.3) is 11.4 Å². The summed E-state index contributed by atoms with van der Waals surface area (Å²) in [7, 11) is 0. The summed E-state index contributed by atoms with van der Waals surface area (Å²) in [5.41, 5.74) is 2.24. The van der Waals surface area contributed by atoms with E-state index in [0.717, 1.165) is 48.4 Å². The molecule has 164 valence electrons. The van der Waals surface area contributed by atoms with Gasteiger partial charge in [0, 0.05) is 18.0 Å². The van der Waals surface area contributed by atoms with Crippen LogP contribution in [0.1, 0.15) is 90.0 Å². The Balaban J connectivity index is 1.41. The van der Waals surface area contributed by atoms with Gasteiger partial charge in [0.25, 0.3) is 0 Å². The molecule has 0 aliphatic heterocycles. The number of unbranched alkanes of at least 4 members (excludes halogenated alkanes) is 2. The van der Waals surface area contributed by atoms with Crippen molar-refractivity contribution in [2.24, 2.45) is 11.8 Å². The molecule has 0 saturated heterocycles. The van der Waals surface area contributed by atoms with Crippen LogP contribution in [0.3, 0.4) is 0 Å². The van der Waals surface area contributed by atoms with E-state index in [1.54, 1.807) is 0 Å². The van der Waals surface area contributed by atoms with Crippen LogP contribution < -0.4 is 4.74 Å². The number of rotatable bonds is 12. The maximum atomic E-state index is 6.03. The molecule has 0 amide bonds. The fourth-order valence-electron chi connectivity index (χ4n) is 4.86. The van der Waals surface area contributed by atoms with Gasteiger partial charge < -0.3 is 4.74 Å². The molecule has 1 aromatic carbocycles. The average Bonchev–Trinajstić information content (AvgIpc) is 2.79. The Hall–Kier alpha value is -1.90. The van der Waals surface area contributed by atoms with E-state index < -0.39 is 0 Å². The summed E-state index contributed by atoms with van der Waals surface area (Å²) in [5, 5.41) is 0. The van der Waals surface area contributed by atoms with Crippen LogP contribution in [-0.4, -0.2) is 16.6 Å². The molecule has 3 nitrogen and oxygen atoms in total. The standard InChI is InChI=1S/C27H40N2O/c1-3-5-6-11-23-12-7-8-13-24(23)14-9-19-30-26-17-15-25(16-18-26)27-28-20-22(10-4-2)21-29-27/h15-18,20-21,23-24H,3-14,19H2,1-2H3. The molecule has 2 atom stereocenters. The van der Waals surface area contributed by atoms with Crippen molar-refractivity contribution in [1.29, 1.82) is 0 Å². The lowest BCUT2D eigenvalue weighted by Crippen LogP contribution is -2.20. The minimum Gasteiger partial charge on any atom is -0.494 e. The maximum Gasteiger partial charge on any atom is 0.159 e. The molecule has 1 aliphatic carbocycles. The number of benzene rings is 1. The van der Waals surface area contributed by atoms with Gasteiger partial charge >= 0.3 is 0 Å². The second-order valence-corrected chi connectivity index (χ2v) is 8.98. The first-order valence-electron chi connectivity index (χ1n) is 12.3. The van der Waals surface area contributed by atoms with Crippen molar-refractivity contribution in [3.05, 3.63) is 42.2 Å². The Morgan fingerprint density at radius 2 is 1.50 bits per heavy atom. The van der Waals surface area contributed by atoms with Crippen LogP contribution in [-0.2, 0) is 6.42 Å². The molecule has 0 radical (unpaired) electrons. The van der Waals surface area contributed by atoms with Crippen LogP contribution in [0.2, 0.25) is 0 Å². The van der Waals surface area contributed by atoms with Crippen molar-refractivity contribution in [2.45, 2.75) is 90.9 Å². The lowest BCUT2D eigenvalue weighted by atomic mass is 9.74. The summed E-state index contributed by atoms with van der Waals surface area (Å²) in [5.74, 6) is 3.63. The number of aromatic nitrogens is 2. The molecule has 3 heteroatoms. The Morgan fingerprint density at radius 3 is 2.13 bits per heavy atom. The van der Waals surface area contributed by atoms with Crippen LogP contribution in [0, 0.1) is 11.8 Å². The lowest BCUT2D eigenvalue weighted by Gasteiger charge is -2.31. The average molecular weight is 409 g/mol. The highest BCUT2D eigenvalue weighted by atomic mass is 16.5. The number of aryl methyl sites for hydroxylation is 1. The van der Waals surface area contributed by atoms with Crippen LogP contribution in [0.15, 0.2) is 36.7 Å². The van der Waals surface area contributed by atoms with E-state index in [0.29, 0.717) is 0 Å². The van der Waals surface area contributed by atoms with Gasteiger partial charge in [-0.3, -0.25) is 0 Å². The molecule has 2 unspecified atom stereocenters. The molecular weight excluding hydrogens is 368 g/mol. The highest BCUT2D eigenvalue weighted by Gasteiger charge is 2.24. The fraction of sp³-hybridized carbons (Fsp3) is 0.630.